The number of nitrogens with two attached hydrogens (primary N) is 1. The van der Waals surface area contributed by atoms with E-state index in [4.69, 9.17) is 11.0 Å². The van der Waals surface area contributed by atoms with E-state index in [1.807, 2.05) is 30.3 Å². The van der Waals surface area contributed by atoms with Crippen molar-refractivity contribution in [3.8, 4) is 17.5 Å². The fourth-order valence-corrected chi connectivity index (χ4v) is 2.19. The number of imidazole rings is 1. The lowest BCUT2D eigenvalue weighted by molar-refractivity contribution is 0.0996. The highest BCUT2D eigenvalue weighted by molar-refractivity contribution is 5.93. The molecule has 0 aliphatic carbocycles. The molecule has 3 N–H and O–H groups in total. The first-order chi connectivity index (χ1) is 10.1. The van der Waals surface area contributed by atoms with Crippen LogP contribution in [-0.4, -0.2) is 29.0 Å². The number of amides is 1. The minimum Gasteiger partial charge on any atom is -0.372 e. The van der Waals surface area contributed by atoms with E-state index in [2.05, 4.69) is 28.7 Å². The van der Waals surface area contributed by atoms with Gasteiger partial charge in [-0.15, -0.1) is 12.4 Å². The number of nitrogens with zero attached hydrogens (tertiary/aromatic N) is 3. The number of hydrogen-bond acceptors (Lipinski definition) is 4. The van der Waals surface area contributed by atoms with Crippen molar-refractivity contribution in [1.82, 2.24) is 9.97 Å². The summed E-state index contributed by atoms with van der Waals surface area (Å²) in [6.45, 7) is 6.06. The van der Waals surface area contributed by atoms with Crippen molar-refractivity contribution in [1.29, 1.82) is 5.26 Å². The number of primary amides is 1. The summed E-state index contributed by atoms with van der Waals surface area (Å²) in [6.07, 6.45) is 0. The van der Waals surface area contributed by atoms with Crippen LogP contribution < -0.4 is 10.6 Å². The first kappa shape index (κ1) is 17.5. The Morgan fingerprint density at radius 3 is 2.32 bits per heavy atom. The van der Waals surface area contributed by atoms with Crippen LogP contribution in [0.4, 0.5) is 5.69 Å². The molecular weight excluding hydrogens is 302 g/mol. The van der Waals surface area contributed by atoms with Gasteiger partial charge in [0.05, 0.1) is 0 Å². The monoisotopic (exact) mass is 319 g/mol. The molecule has 1 amide bonds. The van der Waals surface area contributed by atoms with Crippen LogP contribution in [0.5, 0.6) is 0 Å². The standard InChI is InChI=1S/C15H17N5O.ClH/c1-3-20(4-2)11-7-5-10(6-8-11)15-18-12(9-16)13(19-15)14(17)21;/h5-8H,3-4H2,1-2H3,(H2,17,21)(H,18,19);1H. The van der Waals surface area contributed by atoms with Crippen LogP contribution >= 0.6 is 12.4 Å². The van der Waals surface area contributed by atoms with Crippen LogP contribution in [0.1, 0.15) is 30.0 Å². The highest BCUT2D eigenvalue weighted by atomic mass is 35.5. The fraction of sp³-hybridized carbons (Fsp3) is 0.267. The number of H-pyrrole nitrogens is 1. The van der Waals surface area contributed by atoms with Crippen LogP contribution in [-0.2, 0) is 0 Å². The minimum atomic E-state index is -0.714. The van der Waals surface area contributed by atoms with Crippen molar-refractivity contribution in [3.05, 3.63) is 35.7 Å². The number of nitrogens with one attached hydrogen (secondary N) is 1. The summed E-state index contributed by atoms with van der Waals surface area (Å²) >= 11 is 0. The first-order valence-electron chi connectivity index (χ1n) is 6.76. The molecular formula is C15H18ClN5O. The summed E-state index contributed by atoms with van der Waals surface area (Å²) in [5.41, 5.74) is 7.18. The Labute approximate surface area is 135 Å². The molecule has 0 spiro atoms. The molecule has 0 unspecified atom stereocenters. The predicted molar refractivity (Wildman–Crippen MR) is 88.1 cm³/mol. The third kappa shape index (κ3) is 3.38. The van der Waals surface area contributed by atoms with Crippen molar-refractivity contribution >= 4 is 24.0 Å². The summed E-state index contributed by atoms with van der Waals surface area (Å²) in [6, 6.07) is 9.66. The van der Waals surface area contributed by atoms with Gasteiger partial charge in [0.25, 0.3) is 5.91 Å². The van der Waals surface area contributed by atoms with Gasteiger partial charge in [0.2, 0.25) is 0 Å². The van der Waals surface area contributed by atoms with Crippen LogP contribution in [0.25, 0.3) is 11.4 Å². The van der Waals surface area contributed by atoms with E-state index in [1.165, 1.54) is 0 Å². The maximum absolute atomic E-state index is 11.2. The van der Waals surface area contributed by atoms with E-state index in [0.717, 1.165) is 24.3 Å². The summed E-state index contributed by atoms with van der Waals surface area (Å²) in [5.74, 6) is -0.250. The number of benzene rings is 1. The Morgan fingerprint density at radius 2 is 1.91 bits per heavy atom. The molecule has 0 radical (unpaired) electrons. The number of hydrogen-bond donors (Lipinski definition) is 2. The van der Waals surface area contributed by atoms with E-state index >= 15 is 0 Å². The van der Waals surface area contributed by atoms with Gasteiger partial charge in [-0.1, -0.05) is 0 Å². The van der Waals surface area contributed by atoms with E-state index in [9.17, 15) is 4.79 Å². The van der Waals surface area contributed by atoms with Gasteiger partial charge < -0.3 is 15.6 Å². The third-order valence-electron chi connectivity index (χ3n) is 3.32. The fourth-order valence-electron chi connectivity index (χ4n) is 2.19. The Balaban J connectivity index is 0.00000242. The highest BCUT2D eigenvalue weighted by Gasteiger charge is 2.15. The van der Waals surface area contributed by atoms with Gasteiger partial charge >= 0.3 is 0 Å². The van der Waals surface area contributed by atoms with E-state index < -0.39 is 5.91 Å². The molecule has 22 heavy (non-hydrogen) atoms. The maximum atomic E-state index is 11.2. The second kappa shape index (κ2) is 7.48. The molecule has 0 atom stereocenters. The molecule has 1 aromatic carbocycles. The topological polar surface area (TPSA) is 98.8 Å². The zero-order valence-electron chi connectivity index (χ0n) is 12.5. The van der Waals surface area contributed by atoms with E-state index in [-0.39, 0.29) is 23.8 Å². The van der Waals surface area contributed by atoms with Gasteiger partial charge in [0.1, 0.15) is 11.9 Å². The van der Waals surface area contributed by atoms with Gasteiger partial charge in [0, 0.05) is 24.3 Å². The SMILES string of the molecule is CCN(CC)c1ccc(-c2nc(C(N)=O)c(C#N)[nH]2)cc1.Cl. The molecule has 7 heteroatoms. The number of rotatable bonds is 5. The quantitative estimate of drug-likeness (QED) is 0.883. The summed E-state index contributed by atoms with van der Waals surface area (Å²) in [4.78, 5) is 20.4. The Kier molecular flexibility index (Phi) is 5.96. The summed E-state index contributed by atoms with van der Waals surface area (Å²) in [7, 11) is 0. The molecule has 0 saturated heterocycles. The highest BCUT2D eigenvalue weighted by Crippen LogP contribution is 2.22. The lowest BCUT2D eigenvalue weighted by atomic mass is 10.2. The Hall–Kier alpha value is -2.52. The zero-order valence-corrected chi connectivity index (χ0v) is 13.3. The van der Waals surface area contributed by atoms with Gasteiger partial charge in [0.15, 0.2) is 11.4 Å². The Bertz CT molecular complexity index is 683. The van der Waals surface area contributed by atoms with Crippen LogP contribution in [0, 0.1) is 11.3 Å². The zero-order chi connectivity index (χ0) is 15.4. The first-order valence-corrected chi connectivity index (χ1v) is 6.76. The summed E-state index contributed by atoms with van der Waals surface area (Å²) in [5, 5.41) is 8.97. The molecule has 2 aromatic rings. The number of aromatic nitrogens is 2. The smallest absolute Gasteiger partial charge is 0.270 e. The number of carbonyl (C=O) groups excluding carboxylic acids is 1. The third-order valence-corrected chi connectivity index (χ3v) is 3.32. The van der Waals surface area contributed by atoms with Crippen molar-refractivity contribution in [2.24, 2.45) is 5.73 Å². The molecule has 0 fully saturated rings. The lowest BCUT2D eigenvalue weighted by Gasteiger charge is -2.20. The van der Waals surface area contributed by atoms with Gasteiger partial charge in [-0.3, -0.25) is 4.79 Å². The molecule has 0 aliphatic heterocycles. The molecule has 1 aromatic heterocycles. The normalized spacial score (nSPS) is 9.68. The molecule has 116 valence electrons. The minimum absolute atomic E-state index is 0. The lowest BCUT2D eigenvalue weighted by Crippen LogP contribution is -2.21. The largest absolute Gasteiger partial charge is 0.372 e. The van der Waals surface area contributed by atoms with Crippen LogP contribution in [0.3, 0.4) is 0 Å². The van der Waals surface area contributed by atoms with Crippen molar-refractivity contribution in [2.75, 3.05) is 18.0 Å². The number of anilines is 1. The van der Waals surface area contributed by atoms with Crippen LogP contribution in [0.15, 0.2) is 24.3 Å². The van der Waals surface area contributed by atoms with E-state index in [1.54, 1.807) is 0 Å². The average molecular weight is 320 g/mol. The van der Waals surface area contributed by atoms with Crippen molar-refractivity contribution in [3.63, 3.8) is 0 Å². The maximum Gasteiger partial charge on any atom is 0.270 e. The molecule has 0 bridgehead atoms. The van der Waals surface area contributed by atoms with Crippen molar-refractivity contribution < 1.29 is 4.79 Å². The second-order valence-corrected chi connectivity index (χ2v) is 4.50. The van der Waals surface area contributed by atoms with Gasteiger partial charge in [-0.05, 0) is 38.1 Å². The van der Waals surface area contributed by atoms with Gasteiger partial charge in [-0.2, -0.15) is 5.26 Å². The van der Waals surface area contributed by atoms with Crippen LogP contribution in [0.2, 0.25) is 0 Å². The molecule has 0 aliphatic rings. The molecule has 1 heterocycles. The Morgan fingerprint density at radius 1 is 1.32 bits per heavy atom. The predicted octanol–water partition coefficient (Wildman–Crippen LogP) is 2.32. The average Bonchev–Trinajstić information content (AvgIpc) is 2.94. The molecule has 0 saturated carbocycles. The summed E-state index contributed by atoms with van der Waals surface area (Å²) < 4.78 is 0. The van der Waals surface area contributed by atoms with E-state index in [0.29, 0.717) is 5.82 Å². The van der Waals surface area contributed by atoms with Crippen molar-refractivity contribution in [2.45, 2.75) is 13.8 Å². The van der Waals surface area contributed by atoms with Gasteiger partial charge in [-0.25, -0.2) is 4.98 Å². The molecule has 2 rings (SSSR count). The number of aromatic amines is 1. The number of carbonyl (C=O) groups is 1. The number of halogens is 1. The number of nitriles is 1. The second-order valence-electron chi connectivity index (χ2n) is 4.50. The molecule has 6 nitrogen and oxygen atoms in total.